The molecule has 5 nitrogen and oxygen atoms in total. The summed E-state index contributed by atoms with van der Waals surface area (Å²) in [5, 5.41) is 14.9. The predicted molar refractivity (Wildman–Crippen MR) is 90.5 cm³/mol. The van der Waals surface area contributed by atoms with Gasteiger partial charge in [-0.05, 0) is 50.8 Å². The molecule has 142 valence electrons. The third-order valence-electron chi connectivity index (χ3n) is 5.13. The van der Waals surface area contributed by atoms with E-state index in [2.05, 4.69) is 5.10 Å². The molecule has 0 amide bonds. The number of hydrogen-bond donors (Lipinski definition) is 1. The molecule has 0 atom stereocenters. The summed E-state index contributed by atoms with van der Waals surface area (Å²) in [6, 6.07) is 6.38. The molecule has 1 fully saturated rings. The highest BCUT2D eigenvalue weighted by Crippen LogP contribution is 2.45. The Morgan fingerprint density at radius 3 is 2.59 bits per heavy atom. The molecule has 1 N–H and O–H groups in total. The monoisotopic (exact) mass is 378 g/mol. The molecule has 1 aromatic carbocycles. The van der Waals surface area contributed by atoms with Crippen LogP contribution in [-0.2, 0) is 15.7 Å². The van der Waals surface area contributed by atoms with Crippen molar-refractivity contribution in [3.63, 3.8) is 0 Å². The van der Waals surface area contributed by atoms with E-state index in [4.69, 9.17) is 4.74 Å². The number of rotatable bonds is 2. The molecule has 0 radical (unpaired) electrons. The van der Waals surface area contributed by atoms with Crippen LogP contribution in [0.5, 0.6) is 0 Å². The number of esters is 1. The van der Waals surface area contributed by atoms with Crippen molar-refractivity contribution >= 4 is 11.7 Å². The number of halogens is 3. The zero-order chi connectivity index (χ0) is 19.4. The summed E-state index contributed by atoms with van der Waals surface area (Å²) in [5.74, 6) is -0.817. The van der Waals surface area contributed by atoms with Gasteiger partial charge in [0.15, 0.2) is 17.1 Å². The number of ether oxygens (including phenoxy) is 1. The van der Waals surface area contributed by atoms with Crippen LogP contribution in [-0.4, -0.2) is 26.5 Å². The first-order chi connectivity index (χ1) is 12.7. The van der Waals surface area contributed by atoms with Crippen molar-refractivity contribution in [3.05, 3.63) is 47.3 Å². The number of carbonyl (C=O) groups is 1. The van der Waals surface area contributed by atoms with Gasteiger partial charge in [0.2, 0.25) is 0 Å². The number of benzene rings is 1. The maximum absolute atomic E-state index is 13.0. The molecule has 8 heteroatoms. The van der Waals surface area contributed by atoms with Crippen LogP contribution in [0, 0.1) is 6.92 Å². The summed E-state index contributed by atoms with van der Waals surface area (Å²) in [7, 11) is 0. The SMILES string of the molecule is Cc1cc(-c2cccc(C(F)(F)F)c2)nn1C1=C(O)C2(CCCC2)OC1=O. The number of nitrogens with zero attached hydrogens (tertiary/aromatic N) is 2. The van der Waals surface area contributed by atoms with Crippen molar-refractivity contribution in [3.8, 4) is 11.3 Å². The minimum atomic E-state index is -4.46. The number of aliphatic hydroxyl groups excluding tert-OH is 1. The second-order valence-electron chi connectivity index (χ2n) is 6.95. The smallest absolute Gasteiger partial charge is 0.416 e. The van der Waals surface area contributed by atoms with Gasteiger partial charge < -0.3 is 9.84 Å². The average molecular weight is 378 g/mol. The second-order valence-corrected chi connectivity index (χ2v) is 6.95. The molecule has 2 heterocycles. The Labute approximate surface area is 153 Å². The first-order valence-electron chi connectivity index (χ1n) is 8.63. The first-order valence-corrected chi connectivity index (χ1v) is 8.63. The van der Waals surface area contributed by atoms with Crippen LogP contribution in [0.2, 0.25) is 0 Å². The molecule has 1 spiro atoms. The zero-order valence-electron chi connectivity index (χ0n) is 14.5. The summed E-state index contributed by atoms with van der Waals surface area (Å²) >= 11 is 0. The molecule has 0 unspecified atom stereocenters. The minimum Gasteiger partial charge on any atom is -0.506 e. The van der Waals surface area contributed by atoms with Crippen molar-refractivity contribution < 1.29 is 27.8 Å². The Kier molecular flexibility index (Phi) is 3.83. The summed E-state index contributed by atoms with van der Waals surface area (Å²) < 4.78 is 45.6. The van der Waals surface area contributed by atoms with E-state index >= 15 is 0 Å². The normalized spacial score (nSPS) is 19.2. The van der Waals surface area contributed by atoms with Crippen LogP contribution in [0.4, 0.5) is 13.2 Å². The average Bonchev–Trinajstić information content (AvgIpc) is 3.28. The second kappa shape index (κ2) is 5.87. The van der Waals surface area contributed by atoms with Crippen LogP contribution in [0.3, 0.4) is 0 Å². The highest BCUT2D eigenvalue weighted by molar-refractivity contribution is 6.13. The third kappa shape index (κ3) is 2.79. The molecule has 1 aromatic heterocycles. The number of alkyl halides is 3. The zero-order valence-corrected chi connectivity index (χ0v) is 14.5. The van der Waals surface area contributed by atoms with Gasteiger partial charge in [-0.3, -0.25) is 0 Å². The van der Waals surface area contributed by atoms with Crippen LogP contribution in [0.25, 0.3) is 17.0 Å². The lowest BCUT2D eigenvalue weighted by Crippen LogP contribution is -2.27. The topological polar surface area (TPSA) is 64.3 Å². The van der Waals surface area contributed by atoms with Crippen LogP contribution >= 0.6 is 0 Å². The molecule has 0 saturated heterocycles. The number of hydrogen-bond acceptors (Lipinski definition) is 4. The van der Waals surface area contributed by atoms with Gasteiger partial charge in [0.1, 0.15) is 0 Å². The Morgan fingerprint density at radius 2 is 1.93 bits per heavy atom. The number of aromatic nitrogens is 2. The van der Waals surface area contributed by atoms with Gasteiger partial charge in [-0.2, -0.15) is 18.3 Å². The lowest BCUT2D eigenvalue weighted by molar-refractivity contribution is -0.146. The summed E-state index contributed by atoms with van der Waals surface area (Å²) in [5.41, 5.74) is -0.767. The van der Waals surface area contributed by atoms with Gasteiger partial charge in [-0.25, -0.2) is 9.48 Å². The number of aryl methyl sites for hydroxylation is 1. The van der Waals surface area contributed by atoms with E-state index in [1.165, 1.54) is 16.8 Å². The highest BCUT2D eigenvalue weighted by atomic mass is 19.4. The van der Waals surface area contributed by atoms with Gasteiger partial charge in [-0.1, -0.05) is 12.1 Å². The fourth-order valence-electron chi connectivity index (χ4n) is 3.76. The molecule has 4 rings (SSSR count). The van der Waals surface area contributed by atoms with Crippen LogP contribution in [0.1, 0.15) is 36.9 Å². The molecule has 1 saturated carbocycles. The van der Waals surface area contributed by atoms with Crippen LogP contribution in [0.15, 0.2) is 36.1 Å². The molecule has 2 aliphatic rings. The molecule has 1 aliphatic heterocycles. The van der Waals surface area contributed by atoms with Gasteiger partial charge in [0.05, 0.1) is 11.3 Å². The van der Waals surface area contributed by atoms with Crippen molar-refractivity contribution in [2.45, 2.75) is 44.4 Å². The van der Waals surface area contributed by atoms with Crippen molar-refractivity contribution in [1.82, 2.24) is 9.78 Å². The van der Waals surface area contributed by atoms with Crippen molar-refractivity contribution in [2.75, 3.05) is 0 Å². The summed E-state index contributed by atoms with van der Waals surface area (Å²) in [4.78, 5) is 12.4. The molecule has 0 bridgehead atoms. The number of aliphatic hydroxyl groups is 1. The van der Waals surface area contributed by atoms with E-state index in [1.54, 1.807) is 13.0 Å². The molecular formula is C19H17F3N2O3. The Hall–Kier alpha value is -2.77. The van der Waals surface area contributed by atoms with Gasteiger partial charge in [0.25, 0.3) is 0 Å². The molecular weight excluding hydrogens is 361 g/mol. The molecule has 1 aliphatic carbocycles. The van der Waals surface area contributed by atoms with Gasteiger partial charge in [-0.15, -0.1) is 0 Å². The van der Waals surface area contributed by atoms with Crippen molar-refractivity contribution in [1.29, 1.82) is 0 Å². The maximum atomic E-state index is 13.0. The van der Waals surface area contributed by atoms with Gasteiger partial charge >= 0.3 is 12.1 Å². The van der Waals surface area contributed by atoms with E-state index in [0.29, 0.717) is 18.5 Å². The standard InChI is InChI=1S/C19H17F3N2O3/c1-11-9-14(12-5-4-6-13(10-12)19(20,21)22)23-24(11)15-16(25)18(27-17(15)26)7-2-3-8-18/h4-6,9-10,25H,2-3,7-8H2,1H3. The fraction of sp³-hybridized carbons (Fsp3) is 0.368. The predicted octanol–water partition coefficient (Wildman–Crippen LogP) is 4.47. The maximum Gasteiger partial charge on any atom is 0.416 e. The number of carbonyl (C=O) groups excluding carboxylic acids is 1. The Bertz CT molecular complexity index is 953. The van der Waals surface area contributed by atoms with Crippen LogP contribution < -0.4 is 0 Å². The largest absolute Gasteiger partial charge is 0.506 e. The third-order valence-corrected chi connectivity index (χ3v) is 5.13. The summed E-state index contributed by atoms with van der Waals surface area (Å²) in [6.45, 7) is 1.66. The quantitative estimate of drug-likeness (QED) is 0.783. The minimum absolute atomic E-state index is 0.0624. The van der Waals surface area contributed by atoms with E-state index in [1.807, 2.05) is 0 Å². The Morgan fingerprint density at radius 1 is 1.22 bits per heavy atom. The van der Waals surface area contributed by atoms with Crippen molar-refractivity contribution in [2.24, 2.45) is 0 Å². The molecule has 27 heavy (non-hydrogen) atoms. The lowest BCUT2D eigenvalue weighted by atomic mass is 10.0. The summed E-state index contributed by atoms with van der Waals surface area (Å²) in [6.07, 6.45) is -1.67. The van der Waals surface area contributed by atoms with E-state index in [0.717, 1.165) is 25.0 Å². The van der Waals surface area contributed by atoms with Gasteiger partial charge in [0, 0.05) is 11.3 Å². The fourth-order valence-corrected chi connectivity index (χ4v) is 3.76. The van der Waals surface area contributed by atoms with E-state index in [9.17, 15) is 23.1 Å². The van der Waals surface area contributed by atoms with E-state index in [-0.39, 0.29) is 22.7 Å². The Balaban J connectivity index is 1.77. The van der Waals surface area contributed by atoms with E-state index < -0.39 is 23.3 Å². The molecule has 2 aromatic rings. The lowest BCUT2D eigenvalue weighted by Gasteiger charge is -2.21. The highest BCUT2D eigenvalue weighted by Gasteiger charge is 2.51. The first kappa shape index (κ1) is 17.6.